The quantitative estimate of drug-likeness (QED) is 0.657. The molecule has 1 atom stereocenters. The Morgan fingerprint density at radius 2 is 1.89 bits per heavy atom. The number of hydrogen-bond donors (Lipinski definition) is 2. The Bertz CT molecular complexity index is 646. The molecule has 1 amide bonds. The molecule has 2 rings (SSSR count). The van der Waals surface area contributed by atoms with Crippen LogP contribution in [0.2, 0.25) is 0 Å². The lowest BCUT2D eigenvalue weighted by atomic mass is 10.1. The van der Waals surface area contributed by atoms with Crippen molar-refractivity contribution >= 4 is 35.4 Å². The van der Waals surface area contributed by atoms with Crippen molar-refractivity contribution in [2.75, 3.05) is 32.7 Å². The molecule has 0 saturated carbocycles. The van der Waals surface area contributed by atoms with Crippen LogP contribution >= 0.6 is 23.7 Å². The predicted molar refractivity (Wildman–Crippen MR) is 102 cm³/mol. The molecule has 2 heterocycles. The van der Waals surface area contributed by atoms with Crippen molar-refractivity contribution in [3.8, 4) is 0 Å². The number of amides is 1. The van der Waals surface area contributed by atoms with Crippen LogP contribution in [0.15, 0.2) is 6.07 Å². The molecule has 10 heteroatoms. The largest absolute Gasteiger partial charge is 0.405 e. The molecular formula is C17H25ClF3N3O2S. The molecule has 1 aromatic rings. The average Bonchev–Trinajstić information content (AvgIpc) is 2.91. The molecule has 1 aromatic heterocycles. The number of Topliss-reactive ketones (excluding diaryl/α,β-unsaturated/α-hetero) is 1. The lowest BCUT2D eigenvalue weighted by Gasteiger charge is -2.35. The van der Waals surface area contributed by atoms with Gasteiger partial charge in [0.05, 0.1) is 0 Å². The Hall–Kier alpha value is -1.16. The van der Waals surface area contributed by atoms with E-state index in [0.717, 1.165) is 9.75 Å². The first-order chi connectivity index (χ1) is 12.2. The summed E-state index contributed by atoms with van der Waals surface area (Å²) >= 11 is 1.51. The smallest absolute Gasteiger partial charge is 0.354 e. The van der Waals surface area contributed by atoms with Crippen molar-refractivity contribution in [2.45, 2.75) is 38.9 Å². The molecule has 1 aliphatic rings. The van der Waals surface area contributed by atoms with E-state index in [1.54, 1.807) is 6.07 Å². The molecular weight excluding hydrogens is 403 g/mol. The van der Waals surface area contributed by atoms with Gasteiger partial charge in [0.15, 0.2) is 5.78 Å². The van der Waals surface area contributed by atoms with Crippen LogP contribution in [0.25, 0.3) is 0 Å². The highest BCUT2D eigenvalue weighted by Crippen LogP contribution is 2.25. The number of carbonyl (C=O) groups excluding carboxylic acids is 2. The van der Waals surface area contributed by atoms with Crippen LogP contribution in [-0.2, 0) is 4.79 Å². The maximum absolute atomic E-state index is 13.3. The van der Waals surface area contributed by atoms with Gasteiger partial charge in [0.2, 0.25) is 5.91 Å². The zero-order chi connectivity index (χ0) is 19.3. The van der Waals surface area contributed by atoms with Gasteiger partial charge in [-0.15, -0.1) is 23.7 Å². The van der Waals surface area contributed by atoms with Gasteiger partial charge >= 0.3 is 6.18 Å². The van der Waals surface area contributed by atoms with Crippen LogP contribution in [0.3, 0.4) is 0 Å². The second-order valence-electron chi connectivity index (χ2n) is 6.40. The zero-order valence-electron chi connectivity index (χ0n) is 15.3. The van der Waals surface area contributed by atoms with E-state index in [9.17, 15) is 22.8 Å². The van der Waals surface area contributed by atoms with E-state index in [4.69, 9.17) is 0 Å². The molecule has 5 nitrogen and oxygen atoms in total. The highest BCUT2D eigenvalue weighted by Gasteiger charge is 2.43. The summed E-state index contributed by atoms with van der Waals surface area (Å²) in [5.74, 6) is -0.691. The van der Waals surface area contributed by atoms with Gasteiger partial charge < -0.3 is 10.6 Å². The van der Waals surface area contributed by atoms with Crippen LogP contribution < -0.4 is 10.6 Å². The Kier molecular flexibility index (Phi) is 9.20. The van der Waals surface area contributed by atoms with Crippen LogP contribution in [0.4, 0.5) is 13.2 Å². The van der Waals surface area contributed by atoms with Crippen molar-refractivity contribution in [1.29, 1.82) is 0 Å². The highest BCUT2D eigenvalue weighted by molar-refractivity contribution is 7.12. The Labute approximate surface area is 167 Å². The first kappa shape index (κ1) is 23.9. The van der Waals surface area contributed by atoms with Crippen molar-refractivity contribution < 1.29 is 22.8 Å². The third kappa shape index (κ3) is 7.06. The van der Waals surface area contributed by atoms with Crippen molar-refractivity contribution in [3.05, 3.63) is 21.4 Å². The normalized spacial score (nSPS) is 16.5. The molecule has 0 aromatic carbocycles. The third-order valence-electron chi connectivity index (χ3n) is 4.38. The Balaban J connectivity index is 0.00000364. The topological polar surface area (TPSA) is 61.4 Å². The van der Waals surface area contributed by atoms with Gasteiger partial charge in [-0.1, -0.05) is 0 Å². The van der Waals surface area contributed by atoms with Crippen molar-refractivity contribution in [2.24, 2.45) is 0 Å². The SMILES string of the molecule is Cc1cc(C(=O)CCC(=O)NCC(N2CCNCC2)C(F)(F)F)c(C)s1.Cl. The molecule has 2 N–H and O–H groups in total. The summed E-state index contributed by atoms with van der Waals surface area (Å²) < 4.78 is 39.8. The summed E-state index contributed by atoms with van der Waals surface area (Å²) in [4.78, 5) is 27.3. The number of hydrogen-bond acceptors (Lipinski definition) is 5. The number of carbonyl (C=O) groups is 2. The van der Waals surface area contributed by atoms with Crippen LogP contribution in [0, 0.1) is 13.8 Å². The average molecular weight is 428 g/mol. The minimum absolute atomic E-state index is 0. The molecule has 1 saturated heterocycles. The minimum atomic E-state index is -4.41. The standard InChI is InChI=1S/C17H24F3N3O2S.ClH/c1-11-9-13(12(2)26-11)14(24)3-4-16(25)22-10-15(17(18,19)20)23-7-5-21-6-8-23;/h9,15,21H,3-8,10H2,1-2H3,(H,22,25);1H. The zero-order valence-corrected chi connectivity index (χ0v) is 17.0. The minimum Gasteiger partial charge on any atom is -0.354 e. The molecule has 1 unspecified atom stereocenters. The lowest BCUT2D eigenvalue weighted by molar-refractivity contribution is -0.184. The second-order valence-corrected chi connectivity index (χ2v) is 7.86. The van der Waals surface area contributed by atoms with Gasteiger partial charge in [-0.05, 0) is 19.9 Å². The van der Waals surface area contributed by atoms with Crippen LogP contribution in [0.5, 0.6) is 0 Å². The number of nitrogens with zero attached hydrogens (tertiary/aromatic N) is 1. The second kappa shape index (κ2) is 10.4. The summed E-state index contributed by atoms with van der Waals surface area (Å²) in [6, 6.07) is 0.0793. The summed E-state index contributed by atoms with van der Waals surface area (Å²) in [5, 5.41) is 5.35. The van der Waals surface area contributed by atoms with E-state index in [1.807, 2.05) is 13.8 Å². The first-order valence-electron chi connectivity index (χ1n) is 8.57. The first-order valence-corrected chi connectivity index (χ1v) is 9.38. The summed E-state index contributed by atoms with van der Waals surface area (Å²) in [5.41, 5.74) is 0.592. The van der Waals surface area contributed by atoms with E-state index < -0.39 is 24.7 Å². The number of nitrogens with one attached hydrogen (secondary N) is 2. The van der Waals surface area contributed by atoms with E-state index in [1.165, 1.54) is 16.2 Å². The molecule has 0 spiro atoms. The fourth-order valence-electron chi connectivity index (χ4n) is 3.01. The third-order valence-corrected chi connectivity index (χ3v) is 5.35. The molecule has 1 aliphatic heterocycles. The number of piperazine rings is 1. The van der Waals surface area contributed by atoms with Gasteiger partial charge in [0.1, 0.15) is 6.04 Å². The number of aryl methyl sites for hydroxylation is 2. The summed E-state index contributed by atoms with van der Waals surface area (Å²) in [6.07, 6.45) is -4.53. The molecule has 0 aliphatic carbocycles. The number of alkyl halides is 3. The maximum atomic E-state index is 13.3. The van der Waals surface area contributed by atoms with Crippen LogP contribution in [0.1, 0.15) is 33.0 Å². The predicted octanol–water partition coefficient (Wildman–Crippen LogP) is 2.70. The number of thiophene rings is 1. The summed E-state index contributed by atoms with van der Waals surface area (Å²) in [6.45, 7) is 4.81. The van der Waals surface area contributed by atoms with E-state index >= 15 is 0 Å². The molecule has 0 radical (unpaired) electrons. The monoisotopic (exact) mass is 427 g/mol. The maximum Gasteiger partial charge on any atom is 0.405 e. The van der Waals surface area contributed by atoms with Gasteiger partial charge in [-0.3, -0.25) is 14.5 Å². The molecule has 0 bridgehead atoms. The molecule has 27 heavy (non-hydrogen) atoms. The Morgan fingerprint density at radius 3 is 2.41 bits per heavy atom. The van der Waals surface area contributed by atoms with Gasteiger partial charge in [0, 0.05) is 60.9 Å². The summed E-state index contributed by atoms with van der Waals surface area (Å²) in [7, 11) is 0. The Morgan fingerprint density at radius 1 is 1.26 bits per heavy atom. The number of halogens is 4. The van der Waals surface area contributed by atoms with Gasteiger partial charge in [-0.25, -0.2) is 0 Å². The number of ketones is 1. The van der Waals surface area contributed by atoms with Gasteiger partial charge in [-0.2, -0.15) is 13.2 Å². The molecule has 1 fully saturated rings. The van der Waals surface area contributed by atoms with Crippen LogP contribution in [-0.4, -0.2) is 61.5 Å². The van der Waals surface area contributed by atoms with E-state index in [-0.39, 0.29) is 44.1 Å². The molecule has 154 valence electrons. The fraction of sp³-hybridized carbons (Fsp3) is 0.647. The van der Waals surface area contributed by atoms with E-state index in [2.05, 4.69) is 10.6 Å². The van der Waals surface area contributed by atoms with Crippen molar-refractivity contribution in [1.82, 2.24) is 15.5 Å². The number of rotatable bonds is 7. The lowest BCUT2D eigenvalue weighted by Crippen LogP contribution is -2.57. The fourth-order valence-corrected chi connectivity index (χ4v) is 3.96. The van der Waals surface area contributed by atoms with Crippen molar-refractivity contribution in [3.63, 3.8) is 0 Å². The highest BCUT2D eigenvalue weighted by atomic mass is 35.5. The van der Waals surface area contributed by atoms with Gasteiger partial charge in [0.25, 0.3) is 0 Å². The van der Waals surface area contributed by atoms with E-state index in [0.29, 0.717) is 18.7 Å².